The summed E-state index contributed by atoms with van der Waals surface area (Å²) in [5.74, 6) is 0.390. The Morgan fingerprint density at radius 2 is 2.25 bits per heavy atom. The molecule has 0 saturated heterocycles. The van der Waals surface area contributed by atoms with Crippen LogP contribution >= 0.6 is 0 Å². The largest absolute Gasteiger partial charge is 0.465 e. The lowest BCUT2D eigenvalue weighted by molar-refractivity contribution is -0.149. The summed E-state index contributed by atoms with van der Waals surface area (Å²) in [5, 5.41) is 0. The average Bonchev–Trinajstić information content (AvgIpc) is 2.71. The van der Waals surface area contributed by atoms with Crippen LogP contribution < -0.4 is 5.73 Å². The molecular formula is C9H17NO2. The fraction of sp³-hybridized carbons (Fsp3) is 0.889. The molecule has 12 heavy (non-hydrogen) atoms. The second-order valence-electron chi connectivity index (χ2n) is 3.79. The lowest BCUT2D eigenvalue weighted by Gasteiger charge is -2.21. The smallest absolute Gasteiger partial charge is 0.325 e. The summed E-state index contributed by atoms with van der Waals surface area (Å²) in [7, 11) is 0. The van der Waals surface area contributed by atoms with Crippen molar-refractivity contribution < 1.29 is 9.53 Å². The van der Waals surface area contributed by atoms with Crippen LogP contribution in [0.4, 0.5) is 0 Å². The molecule has 0 radical (unpaired) electrons. The zero-order valence-electron chi connectivity index (χ0n) is 7.80. The van der Waals surface area contributed by atoms with Crippen LogP contribution in [0.25, 0.3) is 0 Å². The van der Waals surface area contributed by atoms with Gasteiger partial charge >= 0.3 is 5.97 Å². The van der Waals surface area contributed by atoms with Gasteiger partial charge in [0, 0.05) is 0 Å². The fourth-order valence-corrected chi connectivity index (χ4v) is 1.30. The molecule has 1 aliphatic rings. The van der Waals surface area contributed by atoms with Gasteiger partial charge in [-0.2, -0.15) is 0 Å². The van der Waals surface area contributed by atoms with Gasteiger partial charge in [-0.3, -0.25) is 4.79 Å². The van der Waals surface area contributed by atoms with Crippen molar-refractivity contribution in [2.24, 2.45) is 11.7 Å². The quantitative estimate of drug-likeness (QED) is 0.644. The predicted octanol–water partition coefficient (Wildman–Crippen LogP) is 1.07. The first-order valence-corrected chi connectivity index (χ1v) is 4.52. The highest BCUT2D eigenvalue weighted by atomic mass is 16.5. The van der Waals surface area contributed by atoms with Crippen molar-refractivity contribution in [2.75, 3.05) is 6.61 Å². The van der Waals surface area contributed by atoms with E-state index in [1.807, 2.05) is 0 Å². The van der Waals surface area contributed by atoms with Crippen molar-refractivity contribution in [2.45, 2.75) is 38.6 Å². The molecule has 0 bridgehead atoms. The van der Waals surface area contributed by atoms with Crippen molar-refractivity contribution >= 4 is 5.97 Å². The second kappa shape index (κ2) is 3.44. The van der Waals surface area contributed by atoms with Gasteiger partial charge < -0.3 is 10.5 Å². The number of carbonyl (C=O) groups is 1. The molecule has 0 aromatic rings. The summed E-state index contributed by atoms with van der Waals surface area (Å²) in [5.41, 5.74) is 5.05. The normalized spacial score (nSPS) is 21.6. The van der Waals surface area contributed by atoms with Gasteiger partial charge in [-0.1, -0.05) is 12.8 Å². The van der Waals surface area contributed by atoms with Crippen LogP contribution in [-0.2, 0) is 9.53 Å². The standard InChI is InChI=1S/C9H17NO2/c1-3-12-8(11)9(2,10)6-7-4-5-7/h7H,3-6,10H2,1-2H3. The summed E-state index contributed by atoms with van der Waals surface area (Å²) in [6, 6.07) is 0. The first-order chi connectivity index (χ1) is 5.56. The maximum Gasteiger partial charge on any atom is 0.325 e. The lowest BCUT2D eigenvalue weighted by atomic mass is 9.96. The Labute approximate surface area is 73.3 Å². The number of hydrogen-bond acceptors (Lipinski definition) is 3. The topological polar surface area (TPSA) is 52.3 Å². The van der Waals surface area contributed by atoms with E-state index in [0.29, 0.717) is 12.5 Å². The maximum atomic E-state index is 11.3. The zero-order chi connectivity index (χ0) is 9.19. The number of hydrogen-bond donors (Lipinski definition) is 1. The molecule has 1 fully saturated rings. The Bertz CT molecular complexity index is 173. The lowest BCUT2D eigenvalue weighted by Crippen LogP contribution is -2.46. The number of ether oxygens (including phenoxy) is 1. The highest BCUT2D eigenvalue weighted by molar-refractivity contribution is 5.80. The first kappa shape index (κ1) is 9.52. The molecule has 3 nitrogen and oxygen atoms in total. The molecule has 0 aromatic carbocycles. The van der Waals surface area contributed by atoms with Crippen LogP contribution in [0.2, 0.25) is 0 Å². The Morgan fingerprint density at radius 3 is 2.67 bits per heavy atom. The minimum atomic E-state index is -0.767. The summed E-state index contributed by atoms with van der Waals surface area (Å²) in [6.45, 7) is 3.96. The van der Waals surface area contributed by atoms with Gasteiger partial charge in [0.15, 0.2) is 0 Å². The monoisotopic (exact) mass is 171 g/mol. The molecule has 1 rings (SSSR count). The number of rotatable bonds is 4. The SMILES string of the molecule is CCOC(=O)C(C)(N)CC1CC1. The van der Waals surface area contributed by atoms with E-state index >= 15 is 0 Å². The van der Waals surface area contributed by atoms with Crippen LogP contribution in [0.5, 0.6) is 0 Å². The summed E-state index contributed by atoms with van der Waals surface area (Å²) in [4.78, 5) is 11.3. The maximum absolute atomic E-state index is 11.3. The minimum Gasteiger partial charge on any atom is -0.465 e. The molecule has 1 aliphatic carbocycles. The van der Waals surface area contributed by atoms with Crippen LogP contribution in [-0.4, -0.2) is 18.1 Å². The fourth-order valence-electron chi connectivity index (χ4n) is 1.30. The van der Waals surface area contributed by atoms with Gasteiger partial charge in [0.1, 0.15) is 5.54 Å². The third-order valence-corrected chi connectivity index (χ3v) is 2.15. The number of nitrogens with two attached hydrogens (primary N) is 1. The first-order valence-electron chi connectivity index (χ1n) is 4.52. The number of carbonyl (C=O) groups excluding carboxylic acids is 1. The molecule has 3 heteroatoms. The van der Waals surface area contributed by atoms with Gasteiger partial charge in [0.25, 0.3) is 0 Å². The van der Waals surface area contributed by atoms with E-state index in [0.717, 1.165) is 6.42 Å². The summed E-state index contributed by atoms with van der Waals surface area (Å²) >= 11 is 0. The van der Waals surface area contributed by atoms with Gasteiger partial charge in [0.05, 0.1) is 6.61 Å². The van der Waals surface area contributed by atoms with Crippen LogP contribution in [0.15, 0.2) is 0 Å². The molecule has 0 aliphatic heterocycles. The highest BCUT2D eigenvalue weighted by Gasteiger charge is 2.36. The molecule has 0 spiro atoms. The summed E-state index contributed by atoms with van der Waals surface area (Å²) < 4.78 is 4.87. The zero-order valence-corrected chi connectivity index (χ0v) is 7.80. The van der Waals surface area contributed by atoms with E-state index < -0.39 is 5.54 Å². The Balaban J connectivity index is 2.38. The molecule has 70 valence electrons. The van der Waals surface area contributed by atoms with Crippen LogP contribution in [0.1, 0.15) is 33.1 Å². The molecule has 1 saturated carbocycles. The van der Waals surface area contributed by atoms with Crippen LogP contribution in [0, 0.1) is 5.92 Å². The third-order valence-electron chi connectivity index (χ3n) is 2.15. The van der Waals surface area contributed by atoms with Crippen molar-refractivity contribution in [1.29, 1.82) is 0 Å². The van der Waals surface area contributed by atoms with Gasteiger partial charge in [-0.05, 0) is 26.2 Å². The van der Waals surface area contributed by atoms with Gasteiger partial charge in [-0.25, -0.2) is 0 Å². The van der Waals surface area contributed by atoms with E-state index in [1.165, 1.54) is 12.8 Å². The molecular weight excluding hydrogens is 154 g/mol. The predicted molar refractivity (Wildman–Crippen MR) is 46.6 cm³/mol. The Hall–Kier alpha value is -0.570. The minimum absolute atomic E-state index is 0.267. The van der Waals surface area contributed by atoms with Crippen molar-refractivity contribution in [1.82, 2.24) is 0 Å². The second-order valence-corrected chi connectivity index (χ2v) is 3.79. The van der Waals surface area contributed by atoms with E-state index in [2.05, 4.69) is 0 Å². The van der Waals surface area contributed by atoms with E-state index in [9.17, 15) is 4.79 Å². The van der Waals surface area contributed by atoms with E-state index in [-0.39, 0.29) is 5.97 Å². The third kappa shape index (κ3) is 2.48. The molecule has 1 atom stereocenters. The molecule has 0 heterocycles. The summed E-state index contributed by atoms with van der Waals surface area (Å²) in [6.07, 6.45) is 3.20. The Morgan fingerprint density at radius 1 is 1.67 bits per heavy atom. The molecule has 2 N–H and O–H groups in total. The van der Waals surface area contributed by atoms with Gasteiger partial charge in [-0.15, -0.1) is 0 Å². The van der Waals surface area contributed by atoms with Gasteiger partial charge in [0.2, 0.25) is 0 Å². The number of esters is 1. The molecule has 0 aromatic heterocycles. The van der Waals surface area contributed by atoms with Crippen LogP contribution in [0.3, 0.4) is 0 Å². The van der Waals surface area contributed by atoms with Crippen molar-refractivity contribution in [3.05, 3.63) is 0 Å². The average molecular weight is 171 g/mol. The van der Waals surface area contributed by atoms with Crippen molar-refractivity contribution in [3.8, 4) is 0 Å². The Kier molecular flexibility index (Phi) is 2.73. The highest BCUT2D eigenvalue weighted by Crippen LogP contribution is 2.36. The van der Waals surface area contributed by atoms with E-state index in [1.54, 1.807) is 13.8 Å². The van der Waals surface area contributed by atoms with Crippen molar-refractivity contribution in [3.63, 3.8) is 0 Å². The molecule has 1 unspecified atom stereocenters. The van der Waals surface area contributed by atoms with E-state index in [4.69, 9.17) is 10.5 Å². The molecule has 0 amide bonds.